The minimum Gasteiger partial charge on any atom is -0.391 e. The van der Waals surface area contributed by atoms with Crippen molar-refractivity contribution in [2.75, 3.05) is 6.54 Å². The number of nitro groups is 1. The van der Waals surface area contributed by atoms with Gasteiger partial charge in [0.25, 0.3) is 0 Å². The van der Waals surface area contributed by atoms with Crippen LogP contribution in [0.25, 0.3) is 0 Å². The molecule has 158 valence electrons. The predicted molar refractivity (Wildman–Crippen MR) is 107 cm³/mol. The van der Waals surface area contributed by atoms with Crippen molar-refractivity contribution in [2.24, 2.45) is 27.8 Å². The van der Waals surface area contributed by atoms with E-state index in [9.17, 15) is 15.2 Å². The Labute approximate surface area is 171 Å². The van der Waals surface area contributed by atoms with Gasteiger partial charge in [0.2, 0.25) is 6.04 Å². The van der Waals surface area contributed by atoms with Crippen LogP contribution in [0.1, 0.15) is 51.4 Å². The Kier molecular flexibility index (Phi) is 7.39. The lowest BCUT2D eigenvalue weighted by molar-refractivity contribution is -0.557. The molecule has 3 saturated carbocycles. The van der Waals surface area contributed by atoms with Gasteiger partial charge in [0, 0.05) is 30.7 Å². The molecule has 3 fully saturated rings. The van der Waals surface area contributed by atoms with Crippen molar-refractivity contribution < 1.29 is 14.6 Å². The smallest absolute Gasteiger partial charge is 0.230 e. The Morgan fingerprint density at radius 2 is 1.93 bits per heavy atom. The summed E-state index contributed by atoms with van der Waals surface area (Å²) in [6.45, 7) is 4.74. The molecule has 8 unspecified atom stereocenters. The molecule has 0 amide bonds. The van der Waals surface area contributed by atoms with E-state index < -0.39 is 18.2 Å². The van der Waals surface area contributed by atoms with Gasteiger partial charge in [0.15, 0.2) is 0 Å². The Balaban J connectivity index is 1.67. The van der Waals surface area contributed by atoms with Crippen LogP contribution in [0.5, 0.6) is 0 Å². The summed E-state index contributed by atoms with van der Waals surface area (Å²) < 4.78 is 2.02. The Morgan fingerprint density at radius 1 is 1.18 bits per heavy atom. The summed E-state index contributed by atoms with van der Waals surface area (Å²) in [6, 6.07) is -1.26. The largest absolute Gasteiger partial charge is 0.391 e. The second-order valence-electron chi connectivity index (χ2n) is 8.67. The number of rotatable bonds is 6. The molecule has 0 heterocycles. The molecule has 0 saturated heterocycles. The van der Waals surface area contributed by atoms with Crippen LogP contribution in [-0.2, 0) is 0 Å². The highest BCUT2D eigenvalue weighted by atomic mass is 35.5. The van der Waals surface area contributed by atoms with Crippen molar-refractivity contribution in [3.05, 3.63) is 16.0 Å². The van der Waals surface area contributed by atoms with Gasteiger partial charge >= 0.3 is 0 Å². The lowest BCUT2D eigenvalue weighted by Gasteiger charge is -2.43. The first-order valence-electron chi connectivity index (χ1n) is 10.4. The van der Waals surface area contributed by atoms with Gasteiger partial charge in [-0.3, -0.25) is 14.7 Å². The molecule has 8 nitrogen and oxygen atoms in total. The number of azo groups is 1. The molecule has 0 bridgehead atoms. The van der Waals surface area contributed by atoms with Gasteiger partial charge in [-0.05, 0) is 43.9 Å². The highest BCUT2D eigenvalue weighted by Crippen LogP contribution is 2.43. The molecule has 3 aliphatic rings. The zero-order valence-corrected chi connectivity index (χ0v) is 17.0. The maximum Gasteiger partial charge on any atom is 0.230 e. The lowest BCUT2D eigenvalue weighted by Crippen LogP contribution is -2.47. The number of fused-ring (bicyclic) bond motifs is 1. The van der Waals surface area contributed by atoms with Crippen LogP contribution in [-0.4, -0.2) is 64.2 Å². The summed E-state index contributed by atoms with van der Waals surface area (Å²) in [5.41, 5.74) is 5.88. The second-order valence-corrected chi connectivity index (χ2v) is 8.97. The third kappa shape index (κ3) is 4.89. The molecular formula is C19H32ClN5O3. The topological polar surface area (TPSA) is 117 Å². The van der Waals surface area contributed by atoms with E-state index in [4.69, 9.17) is 17.3 Å². The van der Waals surface area contributed by atoms with Crippen LogP contribution in [0.3, 0.4) is 0 Å². The van der Waals surface area contributed by atoms with Gasteiger partial charge in [0.05, 0.1) is 24.2 Å². The molecular weight excluding hydrogens is 382 g/mol. The lowest BCUT2D eigenvalue weighted by atomic mass is 9.66. The molecule has 9 heteroatoms. The fourth-order valence-electron chi connectivity index (χ4n) is 5.26. The number of aliphatic hydroxyl groups excluding tert-OH is 1. The van der Waals surface area contributed by atoms with E-state index in [1.165, 1.54) is 0 Å². The Bertz CT molecular complexity index is 604. The fourth-order valence-corrected chi connectivity index (χ4v) is 5.44. The molecule has 0 aromatic rings. The molecule has 0 aromatic heterocycles. The first kappa shape index (κ1) is 21.6. The third-order valence-corrected chi connectivity index (χ3v) is 7.12. The molecule has 0 aromatic carbocycles. The van der Waals surface area contributed by atoms with Gasteiger partial charge in [0.1, 0.15) is 12.8 Å². The van der Waals surface area contributed by atoms with E-state index >= 15 is 0 Å². The van der Waals surface area contributed by atoms with Crippen molar-refractivity contribution in [1.29, 1.82) is 0 Å². The highest BCUT2D eigenvalue weighted by Gasteiger charge is 2.45. The molecule has 3 rings (SSSR count). The van der Waals surface area contributed by atoms with Crippen LogP contribution in [0.4, 0.5) is 0 Å². The van der Waals surface area contributed by atoms with Crippen molar-refractivity contribution in [3.8, 4) is 0 Å². The first-order valence-corrected chi connectivity index (χ1v) is 10.8. The van der Waals surface area contributed by atoms with Crippen LogP contribution in [0, 0.1) is 27.8 Å². The summed E-state index contributed by atoms with van der Waals surface area (Å²) in [5, 5.41) is 30.8. The summed E-state index contributed by atoms with van der Waals surface area (Å²) >= 11 is 5.75. The zero-order valence-electron chi connectivity index (χ0n) is 16.3. The van der Waals surface area contributed by atoms with Crippen LogP contribution >= 0.6 is 11.6 Å². The number of hydrogen-bond acceptors (Lipinski definition) is 6. The van der Waals surface area contributed by atoms with Crippen molar-refractivity contribution in [1.82, 2.24) is 0 Å². The van der Waals surface area contributed by atoms with Crippen molar-refractivity contribution in [2.45, 2.75) is 87.7 Å². The molecule has 0 radical (unpaired) electrons. The summed E-state index contributed by atoms with van der Waals surface area (Å²) in [4.78, 5) is 10.9. The summed E-state index contributed by atoms with van der Waals surface area (Å²) in [6.07, 6.45) is 6.00. The van der Waals surface area contributed by atoms with Crippen LogP contribution in [0.15, 0.2) is 10.2 Å². The molecule has 0 aliphatic heterocycles. The van der Waals surface area contributed by atoms with E-state index in [2.05, 4.69) is 16.9 Å². The van der Waals surface area contributed by atoms with Gasteiger partial charge in [-0.15, -0.1) is 0 Å². The number of aliphatic hydroxyl groups is 1. The van der Waals surface area contributed by atoms with Crippen LogP contribution < -0.4 is 5.73 Å². The van der Waals surface area contributed by atoms with Crippen molar-refractivity contribution in [3.63, 3.8) is 0 Å². The molecule has 3 aliphatic carbocycles. The van der Waals surface area contributed by atoms with E-state index in [-0.39, 0.29) is 22.9 Å². The minimum absolute atomic E-state index is 0.183. The van der Waals surface area contributed by atoms with Gasteiger partial charge in [-0.25, -0.2) is 0 Å². The third-order valence-electron chi connectivity index (χ3n) is 6.98. The number of hydrogen-bond donors (Lipinski definition) is 2. The fraction of sp³-hybridized carbons (Fsp3) is 0.895. The number of nitrogens with two attached hydrogens (primary N) is 1. The highest BCUT2D eigenvalue weighted by molar-refractivity contribution is 6.23. The normalized spacial score (nSPS) is 41.5. The first-order chi connectivity index (χ1) is 13.4. The predicted octanol–water partition coefficient (Wildman–Crippen LogP) is 2.39. The standard InChI is InChI=1S/C19H32ClN5O3/c1-24(9-8-20)14-5-2-12-3-7-18(26)19(15(12)11-14)23-22-13-4-6-16(21)17(10-13)25(27)28/h8,12-19,26H,1-7,9-11,21H2. The van der Waals surface area contributed by atoms with E-state index in [1.807, 2.05) is 4.58 Å². The monoisotopic (exact) mass is 413 g/mol. The minimum atomic E-state index is -0.757. The van der Waals surface area contributed by atoms with Crippen LogP contribution in [0.2, 0.25) is 0 Å². The number of nitrogens with zero attached hydrogens (tertiary/aromatic N) is 4. The SMILES string of the molecule is C=[N+](C[CH-]Cl)C1CCC2CCC(O)C(N=NC3CCC(N)C([N+](=O)[O-])C3)C2C1. The quantitative estimate of drug-likeness (QED) is 0.173. The molecule has 28 heavy (non-hydrogen) atoms. The molecule has 8 atom stereocenters. The number of halogens is 1. The molecule has 3 N–H and O–H groups in total. The summed E-state index contributed by atoms with van der Waals surface area (Å²) in [7, 11) is 0. The summed E-state index contributed by atoms with van der Waals surface area (Å²) in [5.74, 6) is 2.40. The molecule has 0 spiro atoms. The van der Waals surface area contributed by atoms with Gasteiger partial charge in [-0.1, -0.05) is 0 Å². The van der Waals surface area contributed by atoms with Gasteiger partial charge < -0.3 is 22.4 Å². The average Bonchev–Trinajstić information content (AvgIpc) is 2.67. The maximum atomic E-state index is 11.2. The van der Waals surface area contributed by atoms with Crippen molar-refractivity contribution >= 4 is 18.3 Å². The second kappa shape index (κ2) is 9.59. The Morgan fingerprint density at radius 3 is 2.64 bits per heavy atom. The zero-order chi connectivity index (χ0) is 20.3. The van der Waals surface area contributed by atoms with E-state index in [0.29, 0.717) is 37.8 Å². The van der Waals surface area contributed by atoms with E-state index in [1.54, 1.807) is 5.88 Å². The maximum absolute atomic E-state index is 11.2. The van der Waals surface area contributed by atoms with E-state index in [0.717, 1.165) is 32.1 Å². The average molecular weight is 414 g/mol. The van der Waals surface area contributed by atoms with Gasteiger partial charge in [-0.2, -0.15) is 16.1 Å². The Hall–Kier alpha value is -1.12.